The van der Waals surface area contributed by atoms with Gasteiger partial charge in [0.05, 0.1) is 6.61 Å². The van der Waals surface area contributed by atoms with Gasteiger partial charge in [0.1, 0.15) is 18.5 Å². The topological polar surface area (TPSA) is 21.8 Å². The first-order valence-electron chi connectivity index (χ1n) is 7.21. The highest BCUT2D eigenvalue weighted by Crippen LogP contribution is 2.37. The molecule has 1 aliphatic heterocycles. The van der Waals surface area contributed by atoms with Crippen molar-refractivity contribution in [2.45, 2.75) is 47.1 Å². The van der Waals surface area contributed by atoms with Crippen molar-refractivity contribution in [3.8, 4) is 0 Å². The zero-order valence-corrected chi connectivity index (χ0v) is 12.8. The van der Waals surface area contributed by atoms with Crippen LogP contribution in [0.1, 0.15) is 41.0 Å². The fourth-order valence-corrected chi connectivity index (χ4v) is 2.49. The first kappa shape index (κ1) is 14.4. The first-order valence-corrected chi connectivity index (χ1v) is 7.21. The molecule has 0 aromatic carbocycles. The second-order valence-electron chi connectivity index (χ2n) is 6.71. The number of ether oxygens (including phenoxy) is 2. The van der Waals surface area contributed by atoms with Gasteiger partial charge in [-0.15, -0.1) is 0 Å². The van der Waals surface area contributed by atoms with Gasteiger partial charge >= 0.3 is 0 Å². The molecule has 2 rings (SSSR count). The van der Waals surface area contributed by atoms with E-state index in [4.69, 9.17) is 9.47 Å². The Morgan fingerprint density at radius 2 is 1.95 bits per heavy atom. The fraction of sp³-hybridized carbons (Fsp3) is 0.647. The summed E-state index contributed by atoms with van der Waals surface area (Å²) >= 11 is 0. The van der Waals surface area contributed by atoms with Gasteiger partial charge in [-0.25, -0.2) is 0 Å². The monoisotopic (exact) mass is 262 g/mol. The summed E-state index contributed by atoms with van der Waals surface area (Å²) in [7, 11) is 0. The van der Waals surface area contributed by atoms with Crippen LogP contribution >= 0.6 is 0 Å². The highest BCUT2D eigenvalue weighted by Gasteiger charge is 2.26. The molecule has 1 unspecified atom stereocenters. The molecule has 1 fully saturated rings. The molecule has 0 N–H and O–H groups in total. The van der Waals surface area contributed by atoms with E-state index in [1.807, 2.05) is 0 Å². The van der Waals surface area contributed by atoms with Crippen molar-refractivity contribution in [2.75, 3.05) is 13.2 Å². The Morgan fingerprint density at radius 3 is 2.53 bits per heavy atom. The minimum atomic E-state index is 0.0209. The maximum Gasteiger partial charge on any atom is 0.117 e. The summed E-state index contributed by atoms with van der Waals surface area (Å²) in [5, 5.41) is 0. The molecule has 1 heterocycles. The second kappa shape index (κ2) is 5.16. The molecule has 2 heteroatoms. The quantitative estimate of drug-likeness (QED) is 0.558. The molecule has 2 nitrogen and oxygen atoms in total. The normalized spacial score (nSPS) is 35.1. The number of hydrogen-bond acceptors (Lipinski definition) is 2. The van der Waals surface area contributed by atoms with Gasteiger partial charge in [0.25, 0.3) is 0 Å². The van der Waals surface area contributed by atoms with Crippen LogP contribution in [0.5, 0.6) is 0 Å². The van der Waals surface area contributed by atoms with Gasteiger partial charge in [-0.1, -0.05) is 52.3 Å². The van der Waals surface area contributed by atoms with E-state index < -0.39 is 0 Å². The number of rotatable bonds is 4. The SMILES string of the molecule is CC/C1=C/C(C)(C)/C=C(OCC2CO2)\C=C/C1(C)C. The molecule has 0 saturated carbocycles. The van der Waals surface area contributed by atoms with Crippen LogP contribution in [0.25, 0.3) is 0 Å². The van der Waals surface area contributed by atoms with Crippen LogP contribution in [-0.2, 0) is 9.47 Å². The maximum absolute atomic E-state index is 5.86. The summed E-state index contributed by atoms with van der Waals surface area (Å²) in [6, 6.07) is 0. The van der Waals surface area contributed by atoms with Crippen molar-refractivity contribution in [3.63, 3.8) is 0 Å². The minimum absolute atomic E-state index is 0.0209. The number of epoxide rings is 1. The van der Waals surface area contributed by atoms with E-state index in [0.29, 0.717) is 12.7 Å². The minimum Gasteiger partial charge on any atom is -0.491 e. The molecular weight excluding hydrogens is 236 g/mol. The van der Waals surface area contributed by atoms with Crippen LogP contribution < -0.4 is 0 Å². The molecule has 0 radical (unpaired) electrons. The van der Waals surface area contributed by atoms with Crippen LogP contribution in [0, 0.1) is 10.8 Å². The Labute approximate surface area is 117 Å². The third-order valence-electron chi connectivity index (χ3n) is 3.77. The van der Waals surface area contributed by atoms with Crippen LogP contribution in [0.3, 0.4) is 0 Å². The molecule has 1 atom stereocenters. The van der Waals surface area contributed by atoms with Crippen molar-refractivity contribution in [2.24, 2.45) is 10.8 Å². The highest BCUT2D eigenvalue weighted by molar-refractivity contribution is 5.31. The van der Waals surface area contributed by atoms with E-state index in [9.17, 15) is 0 Å². The van der Waals surface area contributed by atoms with Gasteiger partial charge in [0, 0.05) is 10.8 Å². The van der Waals surface area contributed by atoms with Gasteiger partial charge in [-0.05, 0) is 18.6 Å². The molecule has 0 bridgehead atoms. The molecule has 1 aliphatic carbocycles. The van der Waals surface area contributed by atoms with Crippen molar-refractivity contribution >= 4 is 0 Å². The lowest BCUT2D eigenvalue weighted by atomic mass is 9.76. The zero-order chi connectivity index (χ0) is 14.1. The zero-order valence-electron chi connectivity index (χ0n) is 12.8. The van der Waals surface area contributed by atoms with Crippen LogP contribution in [0.2, 0.25) is 0 Å². The fourth-order valence-electron chi connectivity index (χ4n) is 2.49. The van der Waals surface area contributed by atoms with Crippen molar-refractivity contribution in [1.29, 1.82) is 0 Å². The molecule has 2 aliphatic rings. The third-order valence-corrected chi connectivity index (χ3v) is 3.77. The van der Waals surface area contributed by atoms with E-state index in [1.165, 1.54) is 5.57 Å². The average Bonchev–Trinajstić information content (AvgIpc) is 3.12. The van der Waals surface area contributed by atoms with E-state index in [0.717, 1.165) is 18.8 Å². The summed E-state index contributed by atoms with van der Waals surface area (Å²) in [5.41, 5.74) is 1.59. The number of hydrogen-bond donors (Lipinski definition) is 0. The summed E-state index contributed by atoms with van der Waals surface area (Å²) in [5.74, 6) is 0.958. The molecule has 0 amide bonds. The van der Waals surface area contributed by atoms with Gasteiger partial charge in [-0.3, -0.25) is 0 Å². The predicted octanol–water partition coefficient (Wildman–Crippen LogP) is 4.24. The van der Waals surface area contributed by atoms with Gasteiger partial charge in [0.2, 0.25) is 0 Å². The van der Waals surface area contributed by atoms with E-state index in [-0.39, 0.29) is 10.8 Å². The molecule has 0 spiro atoms. The standard InChI is InChI=1S/C17H26O2/c1-6-13-9-16(2,3)10-14(7-8-17(13,4)5)18-11-15-12-19-15/h7-10,15H,6,11-12H2,1-5H3/b8-7-,13-9-,14-10+. The largest absolute Gasteiger partial charge is 0.491 e. The van der Waals surface area contributed by atoms with Crippen LogP contribution in [0.4, 0.5) is 0 Å². The van der Waals surface area contributed by atoms with Gasteiger partial charge < -0.3 is 9.47 Å². The van der Waals surface area contributed by atoms with Crippen LogP contribution in [0.15, 0.2) is 35.6 Å². The molecule has 19 heavy (non-hydrogen) atoms. The number of allylic oxidation sites excluding steroid dienone is 5. The first-order chi connectivity index (χ1) is 8.82. The lowest BCUT2D eigenvalue weighted by Gasteiger charge is -2.30. The van der Waals surface area contributed by atoms with Crippen molar-refractivity contribution in [3.05, 3.63) is 35.6 Å². The molecular formula is C17H26O2. The molecule has 1 saturated heterocycles. The highest BCUT2D eigenvalue weighted by atomic mass is 16.6. The van der Waals surface area contributed by atoms with E-state index in [2.05, 4.69) is 58.9 Å². The smallest absolute Gasteiger partial charge is 0.117 e. The average molecular weight is 262 g/mol. The van der Waals surface area contributed by atoms with Crippen molar-refractivity contribution in [1.82, 2.24) is 0 Å². The summed E-state index contributed by atoms with van der Waals surface area (Å²) < 4.78 is 11.1. The summed E-state index contributed by atoms with van der Waals surface area (Å²) in [4.78, 5) is 0. The van der Waals surface area contributed by atoms with Crippen LogP contribution in [-0.4, -0.2) is 19.3 Å². The van der Waals surface area contributed by atoms with Gasteiger partial charge in [-0.2, -0.15) is 0 Å². The Balaban J connectivity index is 2.23. The second-order valence-corrected chi connectivity index (χ2v) is 6.71. The Kier molecular flexibility index (Phi) is 3.91. The van der Waals surface area contributed by atoms with E-state index >= 15 is 0 Å². The Morgan fingerprint density at radius 1 is 1.26 bits per heavy atom. The van der Waals surface area contributed by atoms with Crippen molar-refractivity contribution < 1.29 is 9.47 Å². The summed E-state index contributed by atoms with van der Waals surface area (Å²) in [6.45, 7) is 12.7. The molecule has 106 valence electrons. The van der Waals surface area contributed by atoms with E-state index in [1.54, 1.807) is 0 Å². The molecule has 0 aromatic rings. The third kappa shape index (κ3) is 3.97. The maximum atomic E-state index is 5.86. The Bertz CT molecular complexity index is 421. The lowest BCUT2D eigenvalue weighted by Crippen LogP contribution is -2.18. The summed E-state index contributed by atoms with van der Waals surface area (Å²) in [6.07, 6.45) is 10.3. The lowest BCUT2D eigenvalue weighted by molar-refractivity contribution is 0.189. The molecule has 0 aromatic heterocycles. The predicted molar refractivity (Wildman–Crippen MR) is 78.9 cm³/mol. The Hall–Kier alpha value is -1.02. The van der Waals surface area contributed by atoms with Gasteiger partial charge in [0.15, 0.2) is 0 Å².